The molecule has 0 unspecified atom stereocenters. The number of benzene rings is 1. The van der Waals surface area contributed by atoms with Crippen molar-refractivity contribution in [1.82, 2.24) is 10.3 Å². The van der Waals surface area contributed by atoms with Crippen molar-refractivity contribution in [2.45, 2.75) is 6.92 Å². The number of nitrogens with zero attached hydrogens (tertiary/aromatic N) is 1. The number of hydrogen-bond acceptors (Lipinski definition) is 5. The number of rotatable bonds is 3. The van der Waals surface area contributed by atoms with E-state index in [2.05, 4.69) is 10.3 Å². The Hall–Kier alpha value is -1.88. The van der Waals surface area contributed by atoms with Crippen LogP contribution in [0, 0.1) is 6.92 Å². The highest BCUT2D eigenvalue weighted by Gasteiger charge is 2.16. The number of aromatic hydroxyl groups is 1. The molecule has 2 N–H and O–H groups in total. The highest BCUT2D eigenvalue weighted by Crippen LogP contribution is 2.29. The minimum atomic E-state index is -0.184. The van der Waals surface area contributed by atoms with Crippen LogP contribution >= 0.6 is 0 Å². The Labute approximate surface area is 92.1 Å². The molecule has 5 heteroatoms. The third-order valence-corrected chi connectivity index (χ3v) is 2.28. The molecule has 5 nitrogen and oxygen atoms in total. The molecule has 0 saturated heterocycles. The fraction of sp³-hybridized carbons (Fsp3) is 0.273. The van der Waals surface area contributed by atoms with Crippen molar-refractivity contribution in [2.24, 2.45) is 0 Å². The second-order valence-electron chi connectivity index (χ2n) is 3.50. The first kappa shape index (κ1) is 10.6. The number of Topliss-reactive ketones (excluding diaryl/α,β-unsaturated/α-hetero) is 1. The maximum atomic E-state index is 11.6. The zero-order chi connectivity index (χ0) is 11.7. The molecule has 16 heavy (non-hydrogen) atoms. The zero-order valence-corrected chi connectivity index (χ0v) is 9.07. The van der Waals surface area contributed by atoms with Crippen LogP contribution in [-0.4, -0.2) is 29.5 Å². The van der Waals surface area contributed by atoms with Crippen LogP contribution < -0.4 is 5.32 Å². The smallest absolute Gasteiger partial charge is 0.197 e. The maximum Gasteiger partial charge on any atom is 0.197 e. The topological polar surface area (TPSA) is 75.4 Å². The fourth-order valence-electron chi connectivity index (χ4n) is 1.57. The Morgan fingerprint density at radius 2 is 2.31 bits per heavy atom. The van der Waals surface area contributed by atoms with Gasteiger partial charge in [0.15, 0.2) is 23.0 Å². The number of hydrogen-bond donors (Lipinski definition) is 2. The number of ketones is 1. The molecule has 0 amide bonds. The molecule has 1 aromatic heterocycles. The number of phenolic OH excluding ortho intramolecular Hbond substituents is 1. The predicted octanol–water partition coefficient (Wildman–Crippen LogP) is 1.24. The zero-order valence-electron chi connectivity index (χ0n) is 9.07. The lowest BCUT2D eigenvalue weighted by atomic mass is 10.1. The van der Waals surface area contributed by atoms with E-state index >= 15 is 0 Å². The lowest BCUT2D eigenvalue weighted by Crippen LogP contribution is -2.18. The molecule has 0 saturated carbocycles. The van der Waals surface area contributed by atoms with Gasteiger partial charge in [-0.15, -0.1) is 0 Å². The van der Waals surface area contributed by atoms with Gasteiger partial charge >= 0.3 is 0 Å². The quantitative estimate of drug-likeness (QED) is 0.761. The normalized spacial score (nSPS) is 10.9. The highest BCUT2D eigenvalue weighted by atomic mass is 16.4. The maximum absolute atomic E-state index is 11.6. The molecule has 0 aliphatic heterocycles. The number of aryl methyl sites for hydroxylation is 1. The molecule has 1 aromatic carbocycles. The van der Waals surface area contributed by atoms with Gasteiger partial charge in [0.2, 0.25) is 0 Å². The second kappa shape index (κ2) is 3.94. The minimum Gasteiger partial charge on any atom is -0.504 e. The third kappa shape index (κ3) is 1.65. The first-order valence-corrected chi connectivity index (χ1v) is 4.90. The Balaban J connectivity index is 2.55. The molecular weight excluding hydrogens is 208 g/mol. The van der Waals surface area contributed by atoms with Gasteiger partial charge in [-0.1, -0.05) is 0 Å². The van der Waals surface area contributed by atoms with E-state index in [0.29, 0.717) is 11.4 Å². The standard InChI is InChI=1S/C11H12N2O3/c1-6-13-8-4-3-7(9(14)5-12-2)10(15)11(8)16-6/h3-4,12,15H,5H2,1-2H3. The van der Waals surface area contributed by atoms with Gasteiger partial charge in [-0.05, 0) is 19.2 Å². The van der Waals surface area contributed by atoms with Gasteiger partial charge < -0.3 is 14.8 Å². The minimum absolute atomic E-state index is 0.140. The van der Waals surface area contributed by atoms with Gasteiger partial charge in [-0.25, -0.2) is 4.98 Å². The Kier molecular flexibility index (Phi) is 2.62. The molecular formula is C11H12N2O3. The summed E-state index contributed by atoms with van der Waals surface area (Å²) in [7, 11) is 1.67. The fourth-order valence-corrected chi connectivity index (χ4v) is 1.57. The van der Waals surface area contributed by atoms with E-state index in [-0.39, 0.29) is 29.2 Å². The van der Waals surface area contributed by atoms with Gasteiger partial charge in [0, 0.05) is 6.92 Å². The van der Waals surface area contributed by atoms with Gasteiger partial charge in [-0.2, -0.15) is 0 Å². The van der Waals surface area contributed by atoms with E-state index in [0.717, 1.165) is 0 Å². The van der Waals surface area contributed by atoms with Crippen molar-refractivity contribution < 1.29 is 14.3 Å². The van der Waals surface area contributed by atoms with Crippen molar-refractivity contribution in [3.8, 4) is 5.75 Å². The van der Waals surface area contributed by atoms with Gasteiger partial charge in [0.05, 0.1) is 12.1 Å². The number of nitrogens with one attached hydrogen (secondary N) is 1. The molecule has 0 bridgehead atoms. The summed E-state index contributed by atoms with van der Waals surface area (Å²) < 4.78 is 5.23. The molecule has 0 aliphatic carbocycles. The third-order valence-electron chi connectivity index (χ3n) is 2.28. The summed E-state index contributed by atoms with van der Waals surface area (Å²) in [4.78, 5) is 15.7. The molecule has 84 valence electrons. The summed E-state index contributed by atoms with van der Waals surface area (Å²) in [6.45, 7) is 1.86. The number of carbonyl (C=O) groups excluding carboxylic acids is 1. The van der Waals surface area contributed by atoms with Crippen molar-refractivity contribution >= 4 is 16.9 Å². The highest BCUT2D eigenvalue weighted by molar-refractivity contribution is 6.03. The number of phenols is 1. The molecule has 0 radical (unpaired) electrons. The summed E-state index contributed by atoms with van der Waals surface area (Å²) in [6.07, 6.45) is 0. The Morgan fingerprint density at radius 1 is 1.56 bits per heavy atom. The monoisotopic (exact) mass is 220 g/mol. The first-order valence-electron chi connectivity index (χ1n) is 4.90. The van der Waals surface area contributed by atoms with Crippen molar-refractivity contribution in [1.29, 1.82) is 0 Å². The van der Waals surface area contributed by atoms with E-state index in [9.17, 15) is 9.90 Å². The van der Waals surface area contributed by atoms with Crippen molar-refractivity contribution in [2.75, 3.05) is 13.6 Å². The van der Waals surface area contributed by atoms with Crippen LogP contribution in [0.15, 0.2) is 16.5 Å². The van der Waals surface area contributed by atoms with Crippen LogP contribution in [0.3, 0.4) is 0 Å². The van der Waals surface area contributed by atoms with Crippen molar-refractivity contribution in [3.63, 3.8) is 0 Å². The summed E-state index contributed by atoms with van der Waals surface area (Å²) in [5.74, 6) is 0.137. The average Bonchev–Trinajstić information content (AvgIpc) is 2.60. The lowest BCUT2D eigenvalue weighted by molar-refractivity contribution is 0.0991. The number of likely N-dealkylation sites (N-methyl/N-ethyl adjacent to an activating group) is 1. The number of oxazole rings is 1. The predicted molar refractivity (Wildman–Crippen MR) is 58.7 cm³/mol. The van der Waals surface area contributed by atoms with Gasteiger partial charge in [0.1, 0.15) is 5.52 Å². The number of fused-ring (bicyclic) bond motifs is 1. The molecule has 1 heterocycles. The molecule has 0 fully saturated rings. The average molecular weight is 220 g/mol. The van der Waals surface area contributed by atoms with E-state index in [1.165, 1.54) is 0 Å². The molecule has 0 spiro atoms. The molecule has 2 rings (SSSR count). The van der Waals surface area contributed by atoms with Gasteiger partial charge in [-0.3, -0.25) is 4.79 Å². The lowest BCUT2D eigenvalue weighted by Gasteiger charge is -2.02. The van der Waals surface area contributed by atoms with E-state index in [1.54, 1.807) is 26.1 Å². The summed E-state index contributed by atoms with van der Waals surface area (Å²) in [5.41, 5.74) is 1.06. The van der Waals surface area contributed by atoms with E-state index < -0.39 is 0 Å². The largest absolute Gasteiger partial charge is 0.504 e. The second-order valence-corrected chi connectivity index (χ2v) is 3.50. The van der Waals surface area contributed by atoms with Crippen molar-refractivity contribution in [3.05, 3.63) is 23.6 Å². The summed E-state index contributed by atoms with van der Waals surface area (Å²) in [5, 5.41) is 12.6. The number of carbonyl (C=O) groups is 1. The molecule has 2 aromatic rings. The van der Waals surface area contributed by atoms with E-state index in [4.69, 9.17) is 4.42 Å². The Morgan fingerprint density at radius 3 is 3.00 bits per heavy atom. The summed E-state index contributed by atoms with van der Waals surface area (Å²) >= 11 is 0. The van der Waals surface area contributed by atoms with Gasteiger partial charge in [0.25, 0.3) is 0 Å². The van der Waals surface area contributed by atoms with Crippen LogP contribution in [0.25, 0.3) is 11.1 Å². The molecule has 0 aliphatic rings. The SMILES string of the molecule is CNCC(=O)c1ccc2nc(C)oc2c1O. The van der Waals surface area contributed by atoms with Crippen LogP contribution in [0.2, 0.25) is 0 Å². The Bertz CT molecular complexity index is 545. The van der Waals surface area contributed by atoms with Crippen LogP contribution in [0.1, 0.15) is 16.2 Å². The summed E-state index contributed by atoms with van der Waals surface area (Å²) in [6, 6.07) is 3.22. The molecule has 0 atom stereocenters. The van der Waals surface area contributed by atoms with Crippen LogP contribution in [0.5, 0.6) is 5.75 Å². The van der Waals surface area contributed by atoms with Crippen LogP contribution in [0.4, 0.5) is 0 Å². The van der Waals surface area contributed by atoms with Crippen LogP contribution in [-0.2, 0) is 0 Å². The van der Waals surface area contributed by atoms with E-state index in [1.807, 2.05) is 0 Å². The number of aromatic nitrogens is 1. The first-order chi connectivity index (χ1) is 7.63.